The highest BCUT2D eigenvalue weighted by atomic mass is 32.2. The van der Waals surface area contributed by atoms with Gasteiger partial charge in [0.2, 0.25) is 21.8 Å². The molecule has 3 aromatic carbocycles. The SMILES string of the molecule is COc1ccc(N(CC(=O)N(Cc2ccccc2)[C@H](Cc2ccccc2)C(=O)NCC(C)C)S(C)(=O)=O)cc1. The molecule has 0 radical (unpaired) electrons. The lowest BCUT2D eigenvalue weighted by molar-refractivity contribution is -0.140. The Morgan fingerprint density at radius 3 is 1.95 bits per heavy atom. The van der Waals surface area contributed by atoms with E-state index in [0.29, 0.717) is 18.0 Å². The number of benzene rings is 3. The second-order valence-corrected chi connectivity index (χ2v) is 11.7. The zero-order valence-electron chi connectivity index (χ0n) is 22.9. The van der Waals surface area contributed by atoms with Gasteiger partial charge in [0.25, 0.3) is 0 Å². The molecule has 0 unspecified atom stereocenters. The fourth-order valence-electron chi connectivity index (χ4n) is 4.12. The largest absolute Gasteiger partial charge is 0.497 e. The molecule has 1 N–H and O–H groups in total. The summed E-state index contributed by atoms with van der Waals surface area (Å²) in [4.78, 5) is 29.0. The third-order valence-electron chi connectivity index (χ3n) is 6.19. The number of rotatable bonds is 13. The Bertz CT molecular complexity index is 1310. The van der Waals surface area contributed by atoms with Gasteiger partial charge in [0.1, 0.15) is 18.3 Å². The first kappa shape index (κ1) is 29.7. The van der Waals surface area contributed by atoms with Gasteiger partial charge >= 0.3 is 0 Å². The van der Waals surface area contributed by atoms with Gasteiger partial charge in [0.05, 0.1) is 19.1 Å². The summed E-state index contributed by atoms with van der Waals surface area (Å²) in [6.45, 7) is 4.14. The van der Waals surface area contributed by atoms with E-state index in [1.54, 1.807) is 24.3 Å². The van der Waals surface area contributed by atoms with E-state index in [4.69, 9.17) is 4.74 Å². The van der Waals surface area contributed by atoms with Crippen molar-refractivity contribution in [2.75, 3.05) is 30.8 Å². The molecule has 0 saturated carbocycles. The Hall–Kier alpha value is -3.85. The summed E-state index contributed by atoms with van der Waals surface area (Å²) in [5, 5.41) is 2.97. The molecule has 208 valence electrons. The minimum absolute atomic E-state index is 0.145. The van der Waals surface area contributed by atoms with Gasteiger partial charge in [0, 0.05) is 19.5 Å². The quantitative estimate of drug-likeness (QED) is 0.348. The van der Waals surface area contributed by atoms with Crippen LogP contribution in [0.1, 0.15) is 25.0 Å². The van der Waals surface area contributed by atoms with Crippen molar-refractivity contribution in [3.05, 3.63) is 96.1 Å². The molecule has 0 spiro atoms. The molecule has 0 bridgehead atoms. The fraction of sp³-hybridized carbons (Fsp3) is 0.333. The van der Waals surface area contributed by atoms with Crippen LogP contribution < -0.4 is 14.4 Å². The van der Waals surface area contributed by atoms with Crippen LogP contribution in [0.4, 0.5) is 5.69 Å². The van der Waals surface area contributed by atoms with Crippen molar-refractivity contribution in [3.8, 4) is 5.75 Å². The fourth-order valence-corrected chi connectivity index (χ4v) is 4.97. The second kappa shape index (κ2) is 13.8. The van der Waals surface area contributed by atoms with E-state index in [2.05, 4.69) is 5.32 Å². The van der Waals surface area contributed by atoms with Gasteiger partial charge in [-0.15, -0.1) is 0 Å². The van der Waals surface area contributed by atoms with Gasteiger partial charge in [0.15, 0.2) is 0 Å². The van der Waals surface area contributed by atoms with Crippen molar-refractivity contribution in [3.63, 3.8) is 0 Å². The van der Waals surface area contributed by atoms with Crippen LogP contribution >= 0.6 is 0 Å². The first-order valence-corrected chi connectivity index (χ1v) is 14.7. The second-order valence-electron chi connectivity index (χ2n) is 9.82. The molecule has 1 atom stereocenters. The molecule has 0 aliphatic carbocycles. The Balaban J connectivity index is 2.01. The zero-order chi connectivity index (χ0) is 28.4. The first-order valence-electron chi connectivity index (χ1n) is 12.8. The molecule has 0 aliphatic heterocycles. The van der Waals surface area contributed by atoms with E-state index in [9.17, 15) is 18.0 Å². The molecule has 39 heavy (non-hydrogen) atoms. The van der Waals surface area contributed by atoms with Gasteiger partial charge in [-0.25, -0.2) is 8.42 Å². The van der Waals surface area contributed by atoms with Crippen LogP contribution in [0.2, 0.25) is 0 Å². The van der Waals surface area contributed by atoms with Crippen LogP contribution in [0.3, 0.4) is 0 Å². The highest BCUT2D eigenvalue weighted by Crippen LogP contribution is 2.23. The minimum atomic E-state index is -3.82. The summed E-state index contributed by atoms with van der Waals surface area (Å²) in [5.41, 5.74) is 2.05. The van der Waals surface area contributed by atoms with E-state index >= 15 is 0 Å². The number of carbonyl (C=O) groups excluding carboxylic acids is 2. The Morgan fingerprint density at radius 1 is 0.872 bits per heavy atom. The van der Waals surface area contributed by atoms with E-state index in [1.165, 1.54) is 12.0 Å². The molecule has 0 aliphatic rings. The number of ether oxygens (including phenoxy) is 1. The number of carbonyl (C=O) groups is 2. The summed E-state index contributed by atoms with van der Waals surface area (Å²) < 4.78 is 31.9. The highest BCUT2D eigenvalue weighted by molar-refractivity contribution is 7.92. The van der Waals surface area contributed by atoms with Crippen molar-refractivity contribution in [2.24, 2.45) is 5.92 Å². The summed E-state index contributed by atoms with van der Waals surface area (Å²) in [6, 6.07) is 24.4. The van der Waals surface area contributed by atoms with Crippen LogP contribution in [-0.4, -0.2) is 57.6 Å². The topological polar surface area (TPSA) is 96.0 Å². The maximum absolute atomic E-state index is 14.0. The van der Waals surface area contributed by atoms with Crippen molar-refractivity contribution in [1.82, 2.24) is 10.2 Å². The number of hydrogen-bond acceptors (Lipinski definition) is 5. The normalized spacial score (nSPS) is 12.0. The van der Waals surface area contributed by atoms with Gasteiger partial charge in [-0.3, -0.25) is 13.9 Å². The smallest absolute Gasteiger partial charge is 0.244 e. The van der Waals surface area contributed by atoms with Crippen LogP contribution in [-0.2, 0) is 32.6 Å². The number of sulfonamides is 1. The highest BCUT2D eigenvalue weighted by Gasteiger charge is 2.33. The number of nitrogens with zero attached hydrogens (tertiary/aromatic N) is 2. The van der Waals surface area contributed by atoms with Crippen LogP contribution in [0, 0.1) is 5.92 Å². The third-order valence-corrected chi connectivity index (χ3v) is 7.33. The minimum Gasteiger partial charge on any atom is -0.497 e. The van der Waals surface area contributed by atoms with E-state index in [1.807, 2.05) is 74.5 Å². The van der Waals surface area contributed by atoms with Gasteiger partial charge < -0.3 is 15.0 Å². The predicted octanol–water partition coefficient (Wildman–Crippen LogP) is 3.87. The molecule has 9 heteroatoms. The maximum Gasteiger partial charge on any atom is 0.244 e. The monoisotopic (exact) mass is 551 g/mol. The van der Waals surface area contributed by atoms with Crippen molar-refractivity contribution in [2.45, 2.75) is 32.9 Å². The lowest BCUT2D eigenvalue weighted by Gasteiger charge is -2.33. The molecule has 0 aromatic heterocycles. The summed E-state index contributed by atoms with van der Waals surface area (Å²) in [6.07, 6.45) is 1.34. The lowest BCUT2D eigenvalue weighted by atomic mass is 10.0. The third kappa shape index (κ3) is 8.85. The molecule has 2 amide bonds. The van der Waals surface area contributed by atoms with Crippen molar-refractivity contribution < 1.29 is 22.7 Å². The molecular formula is C30H37N3O5S. The van der Waals surface area contributed by atoms with Gasteiger partial charge in [-0.1, -0.05) is 74.5 Å². The molecular weight excluding hydrogens is 514 g/mol. The van der Waals surface area contributed by atoms with Crippen molar-refractivity contribution >= 4 is 27.5 Å². The van der Waals surface area contributed by atoms with Gasteiger partial charge in [-0.2, -0.15) is 0 Å². The first-order chi connectivity index (χ1) is 18.6. The summed E-state index contributed by atoms with van der Waals surface area (Å²) in [5.74, 6) is 0.0160. The van der Waals surface area contributed by atoms with Gasteiger partial charge in [-0.05, 0) is 41.3 Å². The molecule has 0 heterocycles. The predicted molar refractivity (Wildman–Crippen MR) is 154 cm³/mol. The van der Waals surface area contributed by atoms with Crippen LogP contribution in [0.5, 0.6) is 5.75 Å². The Morgan fingerprint density at radius 2 is 1.44 bits per heavy atom. The number of amides is 2. The standard InChI is InChI=1S/C30H37N3O5S/c1-23(2)20-31-30(35)28(19-24-11-7-5-8-12-24)32(21-25-13-9-6-10-14-25)29(34)22-33(39(4,36)37)26-15-17-27(38-3)18-16-26/h5-18,23,28H,19-22H2,1-4H3,(H,31,35)/t28-/m1/s1. The number of anilines is 1. The number of methoxy groups -OCH3 is 1. The summed E-state index contributed by atoms with van der Waals surface area (Å²) in [7, 11) is -2.30. The molecule has 0 fully saturated rings. The van der Waals surface area contributed by atoms with Crippen LogP contribution in [0.25, 0.3) is 0 Å². The van der Waals surface area contributed by atoms with E-state index in [-0.39, 0.29) is 24.8 Å². The van der Waals surface area contributed by atoms with E-state index < -0.39 is 28.5 Å². The molecule has 3 aromatic rings. The Labute approximate surface area is 231 Å². The summed E-state index contributed by atoms with van der Waals surface area (Å²) >= 11 is 0. The molecule has 3 rings (SSSR count). The zero-order valence-corrected chi connectivity index (χ0v) is 23.7. The maximum atomic E-state index is 14.0. The van der Waals surface area contributed by atoms with Crippen LogP contribution in [0.15, 0.2) is 84.9 Å². The number of hydrogen-bond donors (Lipinski definition) is 1. The average Bonchev–Trinajstić information content (AvgIpc) is 2.92. The van der Waals surface area contributed by atoms with E-state index in [0.717, 1.165) is 21.7 Å². The Kier molecular flexibility index (Phi) is 10.5. The lowest BCUT2D eigenvalue weighted by Crippen LogP contribution is -2.53. The molecule has 0 saturated heterocycles. The molecule has 8 nitrogen and oxygen atoms in total. The average molecular weight is 552 g/mol. The van der Waals surface area contributed by atoms with Crippen molar-refractivity contribution in [1.29, 1.82) is 0 Å². The number of nitrogens with one attached hydrogen (secondary N) is 1.